The average molecular weight is 545 g/mol. The van der Waals surface area contributed by atoms with Crippen molar-refractivity contribution in [3.8, 4) is 11.5 Å². The molecule has 204 valence electrons. The van der Waals surface area contributed by atoms with E-state index in [-0.39, 0.29) is 0 Å². The smallest absolute Gasteiger partial charge is 0.135 e. The van der Waals surface area contributed by atoms with E-state index in [1.807, 2.05) is 0 Å². The van der Waals surface area contributed by atoms with Gasteiger partial charge in [0.15, 0.2) is 0 Å². The highest BCUT2D eigenvalue weighted by molar-refractivity contribution is 5.99. The van der Waals surface area contributed by atoms with Crippen LogP contribution in [0.2, 0.25) is 0 Å². The van der Waals surface area contributed by atoms with E-state index in [9.17, 15) is 0 Å². The highest BCUT2D eigenvalue weighted by atomic mass is 16.5. The molecule has 0 saturated carbocycles. The van der Waals surface area contributed by atoms with Gasteiger partial charge in [0.1, 0.15) is 24.7 Å². The highest BCUT2D eigenvalue weighted by Crippen LogP contribution is 2.52. The van der Waals surface area contributed by atoms with Crippen LogP contribution in [0.1, 0.15) is 45.2 Å². The molecule has 42 heavy (non-hydrogen) atoms. The molecule has 2 heteroatoms. The monoisotopic (exact) mass is 544 g/mol. The predicted molar refractivity (Wildman–Crippen MR) is 173 cm³/mol. The van der Waals surface area contributed by atoms with E-state index in [0.29, 0.717) is 36.9 Å². The molecule has 0 spiro atoms. The van der Waals surface area contributed by atoms with Gasteiger partial charge >= 0.3 is 0 Å². The van der Waals surface area contributed by atoms with Gasteiger partial charge in [0.05, 0.1) is 0 Å². The van der Waals surface area contributed by atoms with Crippen molar-refractivity contribution >= 4 is 33.7 Å². The molecular formula is C40H32O2. The molecule has 2 aliphatic heterocycles. The number of hydrogen-bond donors (Lipinski definition) is 0. The fourth-order valence-electron chi connectivity index (χ4n) is 8.26. The SMILES string of the molecule is C1=CC2Cc3c4c(c5ccccc5c3C2C=C1)C=CCO4.C1=CC2Cc3c4c(c5ccccc5c3C2C=C1)OCC=C4. The molecule has 4 aliphatic carbocycles. The molecule has 0 radical (unpaired) electrons. The first-order chi connectivity index (χ1) is 20.9. The van der Waals surface area contributed by atoms with Gasteiger partial charge in [-0.15, -0.1) is 0 Å². The van der Waals surface area contributed by atoms with Gasteiger partial charge in [0, 0.05) is 28.3 Å². The normalized spacial score (nSPS) is 24.6. The predicted octanol–water partition coefficient (Wildman–Crippen LogP) is 9.25. The van der Waals surface area contributed by atoms with Crippen LogP contribution in [0, 0.1) is 11.8 Å². The van der Waals surface area contributed by atoms with Crippen molar-refractivity contribution < 1.29 is 9.47 Å². The van der Waals surface area contributed by atoms with Crippen LogP contribution in [-0.4, -0.2) is 13.2 Å². The van der Waals surface area contributed by atoms with Crippen molar-refractivity contribution in [1.29, 1.82) is 0 Å². The Balaban J connectivity index is 0.000000119. The van der Waals surface area contributed by atoms with E-state index >= 15 is 0 Å². The second kappa shape index (κ2) is 9.49. The minimum absolute atomic E-state index is 0.509. The van der Waals surface area contributed by atoms with E-state index in [1.54, 1.807) is 0 Å². The average Bonchev–Trinajstić information content (AvgIpc) is 3.65. The van der Waals surface area contributed by atoms with Gasteiger partial charge in [-0.2, -0.15) is 0 Å². The topological polar surface area (TPSA) is 18.5 Å². The van der Waals surface area contributed by atoms with Crippen molar-refractivity contribution in [2.45, 2.75) is 24.7 Å². The Morgan fingerprint density at radius 3 is 1.74 bits per heavy atom. The first-order valence-corrected chi connectivity index (χ1v) is 15.3. The summed E-state index contributed by atoms with van der Waals surface area (Å²) in [4.78, 5) is 0. The van der Waals surface area contributed by atoms with E-state index in [1.165, 1.54) is 54.9 Å². The van der Waals surface area contributed by atoms with Gasteiger partial charge < -0.3 is 9.47 Å². The van der Waals surface area contributed by atoms with Crippen LogP contribution in [-0.2, 0) is 12.8 Å². The Kier molecular flexibility index (Phi) is 5.44. The lowest BCUT2D eigenvalue weighted by molar-refractivity contribution is 0.355. The summed E-state index contributed by atoms with van der Waals surface area (Å²) in [6.07, 6.45) is 29.1. The van der Waals surface area contributed by atoms with Crippen LogP contribution in [0.4, 0.5) is 0 Å². The molecule has 2 nitrogen and oxygen atoms in total. The zero-order chi connectivity index (χ0) is 27.6. The van der Waals surface area contributed by atoms with Gasteiger partial charge in [-0.1, -0.05) is 109 Å². The van der Waals surface area contributed by atoms with E-state index in [4.69, 9.17) is 9.47 Å². The summed E-state index contributed by atoms with van der Waals surface area (Å²) in [5.41, 5.74) is 8.51. The summed E-state index contributed by atoms with van der Waals surface area (Å²) in [6.45, 7) is 1.38. The Morgan fingerprint density at radius 1 is 0.500 bits per heavy atom. The molecule has 0 saturated heterocycles. The zero-order valence-electron chi connectivity index (χ0n) is 23.5. The molecule has 0 amide bonds. The van der Waals surface area contributed by atoms with Crippen molar-refractivity contribution in [2.75, 3.05) is 13.2 Å². The first-order valence-electron chi connectivity index (χ1n) is 15.3. The second-order valence-electron chi connectivity index (χ2n) is 12.1. The Bertz CT molecular complexity index is 1960. The van der Waals surface area contributed by atoms with Crippen LogP contribution >= 0.6 is 0 Å². The van der Waals surface area contributed by atoms with Crippen LogP contribution in [0.3, 0.4) is 0 Å². The maximum absolute atomic E-state index is 6.05. The molecule has 4 atom stereocenters. The van der Waals surface area contributed by atoms with E-state index < -0.39 is 0 Å². The molecule has 4 aromatic carbocycles. The lowest BCUT2D eigenvalue weighted by atomic mass is 9.86. The third-order valence-electron chi connectivity index (χ3n) is 9.97. The largest absolute Gasteiger partial charge is 0.489 e. The molecule has 0 N–H and O–H groups in total. The maximum Gasteiger partial charge on any atom is 0.135 e. The number of fused-ring (bicyclic) bond motifs is 16. The number of benzene rings is 4. The molecule has 4 aromatic rings. The third-order valence-corrected chi connectivity index (χ3v) is 9.97. The standard InChI is InChI=1S/2C20H16O/c1-2-7-14-13(6-1)12-18-17-10-5-11-21-20(17)16-9-4-3-8-15(16)19(14)18;1-2-7-14-13(6-1)12-18-19(14)16-9-4-3-8-15(16)17-10-5-11-21-20(17)18/h2*1-10,13-14H,11-12H2. The zero-order valence-corrected chi connectivity index (χ0v) is 23.5. The van der Waals surface area contributed by atoms with Crippen molar-refractivity contribution in [3.05, 3.63) is 143 Å². The Labute approximate surface area is 246 Å². The molecule has 6 aliphatic rings. The van der Waals surface area contributed by atoms with E-state index in [2.05, 4.69) is 121 Å². The minimum Gasteiger partial charge on any atom is -0.489 e. The Hall–Kier alpha value is -4.56. The first kappa shape index (κ1) is 24.1. The van der Waals surface area contributed by atoms with Crippen LogP contribution in [0.15, 0.2) is 109 Å². The van der Waals surface area contributed by atoms with Crippen LogP contribution in [0.5, 0.6) is 11.5 Å². The van der Waals surface area contributed by atoms with Crippen molar-refractivity contribution in [1.82, 2.24) is 0 Å². The lowest BCUT2D eigenvalue weighted by Gasteiger charge is -2.21. The molecular weight excluding hydrogens is 512 g/mol. The molecule has 4 unspecified atom stereocenters. The number of rotatable bonds is 0. The summed E-state index contributed by atoms with van der Waals surface area (Å²) >= 11 is 0. The van der Waals surface area contributed by atoms with Gasteiger partial charge in [0.2, 0.25) is 0 Å². The molecule has 0 bridgehead atoms. The van der Waals surface area contributed by atoms with Crippen molar-refractivity contribution in [3.63, 3.8) is 0 Å². The van der Waals surface area contributed by atoms with Crippen LogP contribution < -0.4 is 9.47 Å². The summed E-state index contributed by atoms with van der Waals surface area (Å²) < 4.78 is 12.0. The third kappa shape index (κ3) is 3.51. The summed E-state index contributed by atoms with van der Waals surface area (Å²) in [5, 5.41) is 5.35. The number of allylic oxidation sites excluding steroid dienone is 8. The minimum atomic E-state index is 0.509. The van der Waals surface area contributed by atoms with Gasteiger partial charge in [-0.3, -0.25) is 0 Å². The van der Waals surface area contributed by atoms with Crippen LogP contribution in [0.25, 0.3) is 33.7 Å². The lowest BCUT2D eigenvalue weighted by Crippen LogP contribution is -2.05. The highest BCUT2D eigenvalue weighted by Gasteiger charge is 2.36. The van der Waals surface area contributed by atoms with Gasteiger partial charge in [-0.25, -0.2) is 0 Å². The fourth-order valence-corrected chi connectivity index (χ4v) is 8.26. The fraction of sp³-hybridized carbons (Fsp3) is 0.200. The summed E-state index contributed by atoms with van der Waals surface area (Å²) in [6, 6.07) is 17.5. The second-order valence-corrected chi connectivity index (χ2v) is 12.1. The molecule has 2 heterocycles. The molecule has 0 aromatic heterocycles. The maximum atomic E-state index is 6.05. The summed E-state index contributed by atoms with van der Waals surface area (Å²) in [7, 11) is 0. The number of ether oxygens (including phenoxy) is 2. The number of hydrogen-bond acceptors (Lipinski definition) is 2. The Morgan fingerprint density at radius 2 is 1.02 bits per heavy atom. The molecule has 10 rings (SSSR count). The van der Waals surface area contributed by atoms with Gasteiger partial charge in [0.25, 0.3) is 0 Å². The van der Waals surface area contributed by atoms with E-state index in [0.717, 1.165) is 24.3 Å². The summed E-state index contributed by atoms with van der Waals surface area (Å²) in [5.74, 6) is 4.44. The quantitative estimate of drug-likeness (QED) is 0.220. The van der Waals surface area contributed by atoms with Gasteiger partial charge in [-0.05, 0) is 75.2 Å². The van der Waals surface area contributed by atoms with Crippen molar-refractivity contribution in [2.24, 2.45) is 11.8 Å². The molecule has 0 fully saturated rings.